The van der Waals surface area contributed by atoms with Gasteiger partial charge in [0.05, 0.1) is 25.8 Å². The average molecular weight is 266 g/mol. The number of hydrogen-bond acceptors (Lipinski definition) is 4. The average Bonchev–Trinajstić information content (AvgIpc) is 2.35. The number of ether oxygens (including phenoxy) is 1. The van der Waals surface area contributed by atoms with Gasteiger partial charge in [-0.25, -0.2) is 0 Å². The van der Waals surface area contributed by atoms with Crippen LogP contribution >= 0.6 is 12.4 Å². The molecule has 2 amide bonds. The third-order valence-electron chi connectivity index (χ3n) is 2.57. The summed E-state index contributed by atoms with van der Waals surface area (Å²) in [4.78, 5) is 24.3. The highest BCUT2D eigenvalue weighted by Crippen LogP contribution is 2.07. The first-order chi connectivity index (χ1) is 7.67. The van der Waals surface area contributed by atoms with Crippen LogP contribution in [0.25, 0.3) is 0 Å². The summed E-state index contributed by atoms with van der Waals surface area (Å²) in [6.07, 6.45) is 1.00. The largest absolute Gasteiger partial charge is 0.375 e. The molecule has 17 heavy (non-hydrogen) atoms. The number of amides is 2. The van der Waals surface area contributed by atoms with Gasteiger partial charge in [-0.3, -0.25) is 9.59 Å². The van der Waals surface area contributed by atoms with Gasteiger partial charge in [0.2, 0.25) is 11.8 Å². The maximum atomic E-state index is 11.7. The minimum atomic E-state index is -0.311. The summed E-state index contributed by atoms with van der Waals surface area (Å²) in [6, 6.07) is 0. The number of nitrogens with zero attached hydrogens (tertiary/aromatic N) is 1. The van der Waals surface area contributed by atoms with Crippen molar-refractivity contribution in [3.8, 4) is 0 Å². The quantitative estimate of drug-likeness (QED) is 0.691. The van der Waals surface area contributed by atoms with Crippen LogP contribution in [0.4, 0.5) is 0 Å². The molecule has 0 radical (unpaired) electrons. The monoisotopic (exact) mass is 265 g/mol. The lowest BCUT2D eigenvalue weighted by Crippen LogP contribution is -2.49. The molecule has 0 aromatic rings. The third-order valence-corrected chi connectivity index (χ3v) is 2.57. The van der Waals surface area contributed by atoms with E-state index in [9.17, 15) is 9.59 Å². The van der Waals surface area contributed by atoms with E-state index in [4.69, 9.17) is 10.5 Å². The maximum Gasteiger partial charge on any atom is 0.242 e. The van der Waals surface area contributed by atoms with Crippen LogP contribution < -0.4 is 11.1 Å². The van der Waals surface area contributed by atoms with Crippen LogP contribution in [0.1, 0.15) is 13.3 Å². The van der Waals surface area contributed by atoms with Crippen LogP contribution in [0.5, 0.6) is 0 Å². The van der Waals surface area contributed by atoms with E-state index in [1.807, 2.05) is 6.92 Å². The Labute approximate surface area is 107 Å². The second-order valence-corrected chi connectivity index (χ2v) is 3.72. The highest BCUT2D eigenvalue weighted by atomic mass is 35.5. The highest BCUT2D eigenvalue weighted by molar-refractivity contribution is 5.85. The first kappa shape index (κ1) is 16.1. The lowest BCUT2D eigenvalue weighted by molar-refractivity contribution is -0.139. The Bertz CT molecular complexity index is 263. The summed E-state index contributed by atoms with van der Waals surface area (Å²) < 4.78 is 5.45. The number of carbonyl (C=O) groups excluding carboxylic acids is 2. The number of nitrogens with two attached hydrogens (primary N) is 1. The van der Waals surface area contributed by atoms with E-state index < -0.39 is 0 Å². The molecule has 0 bridgehead atoms. The Kier molecular flexibility index (Phi) is 7.86. The first-order valence-corrected chi connectivity index (χ1v) is 5.53. The molecule has 1 unspecified atom stereocenters. The third kappa shape index (κ3) is 5.34. The number of carbonyl (C=O) groups is 2. The summed E-state index contributed by atoms with van der Waals surface area (Å²) in [5.41, 5.74) is 5.12. The molecule has 100 valence electrons. The number of rotatable bonds is 4. The fourth-order valence-electron chi connectivity index (χ4n) is 1.55. The van der Waals surface area contributed by atoms with Crippen LogP contribution in [0.15, 0.2) is 0 Å². The molecule has 3 N–H and O–H groups in total. The normalized spacial score (nSPS) is 19.4. The van der Waals surface area contributed by atoms with E-state index in [-0.39, 0.29) is 43.4 Å². The molecule has 1 fully saturated rings. The van der Waals surface area contributed by atoms with E-state index in [0.29, 0.717) is 19.7 Å². The minimum Gasteiger partial charge on any atom is -0.375 e. The van der Waals surface area contributed by atoms with E-state index >= 15 is 0 Å². The van der Waals surface area contributed by atoms with Crippen molar-refractivity contribution < 1.29 is 14.3 Å². The van der Waals surface area contributed by atoms with Gasteiger partial charge in [0.25, 0.3) is 0 Å². The molecule has 1 aliphatic rings. The molecular weight excluding hydrogens is 246 g/mol. The second-order valence-electron chi connectivity index (χ2n) is 3.72. The molecule has 1 aliphatic heterocycles. The fourth-order valence-corrected chi connectivity index (χ4v) is 1.55. The predicted octanol–water partition coefficient (Wildman–Crippen LogP) is -0.879. The van der Waals surface area contributed by atoms with E-state index in [1.165, 1.54) is 0 Å². The molecule has 0 aromatic carbocycles. The second kappa shape index (κ2) is 8.27. The van der Waals surface area contributed by atoms with Gasteiger partial charge in [0, 0.05) is 13.1 Å². The molecule has 0 aromatic heterocycles. The van der Waals surface area contributed by atoms with Crippen molar-refractivity contribution in [1.82, 2.24) is 10.2 Å². The number of nitrogens with one attached hydrogen (secondary N) is 1. The van der Waals surface area contributed by atoms with Crippen molar-refractivity contribution in [2.45, 2.75) is 19.4 Å². The SMILES string of the molecule is CCC1CN(C(=O)CNC(=O)CN)CCO1.Cl. The number of hydrogen-bond donors (Lipinski definition) is 2. The number of morpholine rings is 1. The van der Waals surface area contributed by atoms with E-state index in [1.54, 1.807) is 4.90 Å². The molecule has 6 nitrogen and oxygen atoms in total. The van der Waals surface area contributed by atoms with Gasteiger partial charge in [0.1, 0.15) is 0 Å². The van der Waals surface area contributed by atoms with Gasteiger partial charge in [-0.15, -0.1) is 12.4 Å². The lowest BCUT2D eigenvalue weighted by Gasteiger charge is -2.32. The van der Waals surface area contributed by atoms with E-state index in [2.05, 4.69) is 5.32 Å². The number of halogens is 1. The smallest absolute Gasteiger partial charge is 0.242 e. The summed E-state index contributed by atoms with van der Waals surface area (Å²) in [5.74, 6) is -0.391. The predicted molar refractivity (Wildman–Crippen MR) is 65.9 cm³/mol. The summed E-state index contributed by atoms with van der Waals surface area (Å²) in [5, 5.41) is 2.47. The molecule has 0 aliphatic carbocycles. The molecule has 0 spiro atoms. The molecule has 1 rings (SSSR count). The molecular formula is C10H20ClN3O3. The van der Waals surface area contributed by atoms with Crippen molar-refractivity contribution >= 4 is 24.2 Å². The maximum absolute atomic E-state index is 11.7. The summed E-state index contributed by atoms with van der Waals surface area (Å²) >= 11 is 0. The van der Waals surface area contributed by atoms with E-state index in [0.717, 1.165) is 6.42 Å². The van der Waals surface area contributed by atoms with Gasteiger partial charge in [-0.1, -0.05) is 6.92 Å². The Morgan fingerprint density at radius 2 is 2.24 bits per heavy atom. The zero-order chi connectivity index (χ0) is 12.0. The Hall–Kier alpha value is -0.850. The van der Waals surface area contributed by atoms with Crippen molar-refractivity contribution in [3.63, 3.8) is 0 Å². The molecule has 7 heteroatoms. The Balaban J connectivity index is 0.00000256. The van der Waals surface area contributed by atoms with Crippen LogP contribution in [-0.4, -0.2) is 55.6 Å². The van der Waals surface area contributed by atoms with Crippen molar-refractivity contribution in [1.29, 1.82) is 0 Å². The molecule has 1 saturated heterocycles. The lowest BCUT2D eigenvalue weighted by atomic mass is 10.2. The van der Waals surface area contributed by atoms with Gasteiger partial charge >= 0.3 is 0 Å². The molecule has 1 heterocycles. The topological polar surface area (TPSA) is 84.7 Å². The van der Waals surface area contributed by atoms with Gasteiger partial charge in [-0.2, -0.15) is 0 Å². The Morgan fingerprint density at radius 3 is 2.82 bits per heavy atom. The zero-order valence-corrected chi connectivity index (χ0v) is 10.8. The first-order valence-electron chi connectivity index (χ1n) is 5.53. The summed E-state index contributed by atoms with van der Waals surface area (Å²) in [6.45, 7) is 3.71. The summed E-state index contributed by atoms with van der Waals surface area (Å²) in [7, 11) is 0. The fraction of sp³-hybridized carbons (Fsp3) is 0.800. The van der Waals surface area contributed by atoms with Crippen molar-refractivity contribution in [2.24, 2.45) is 5.73 Å². The van der Waals surface area contributed by atoms with Gasteiger partial charge in [0.15, 0.2) is 0 Å². The highest BCUT2D eigenvalue weighted by Gasteiger charge is 2.22. The molecule has 1 atom stereocenters. The van der Waals surface area contributed by atoms with Crippen LogP contribution in [0.2, 0.25) is 0 Å². The van der Waals surface area contributed by atoms with Crippen molar-refractivity contribution in [2.75, 3.05) is 32.8 Å². The molecule has 0 saturated carbocycles. The standard InChI is InChI=1S/C10H19N3O3.ClH/c1-2-8-7-13(3-4-16-8)10(15)6-12-9(14)5-11;/h8H,2-7,11H2,1H3,(H,12,14);1H. The minimum absolute atomic E-state index is 0. The zero-order valence-electron chi connectivity index (χ0n) is 9.98. The van der Waals surface area contributed by atoms with Crippen LogP contribution in [0, 0.1) is 0 Å². The van der Waals surface area contributed by atoms with Crippen LogP contribution in [-0.2, 0) is 14.3 Å². The Morgan fingerprint density at radius 1 is 1.53 bits per heavy atom. The van der Waals surface area contributed by atoms with Gasteiger partial charge in [-0.05, 0) is 6.42 Å². The van der Waals surface area contributed by atoms with Crippen LogP contribution in [0.3, 0.4) is 0 Å². The van der Waals surface area contributed by atoms with Crippen molar-refractivity contribution in [3.05, 3.63) is 0 Å². The van der Waals surface area contributed by atoms with Gasteiger partial charge < -0.3 is 20.7 Å².